The highest BCUT2D eigenvalue weighted by molar-refractivity contribution is 6.01. The standard InChI is InChI=1S/C19H19N3O2/c1-2-6-15-11-19(24)22(13-20-15)12-18(23)21-17-10-5-8-14-7-3-4-9-16(14)17/h3-5,7-11,13H,2,6,12H2,1H3,(H,21,23). The van der Waals surface area contributed by atoms with Crippen molar-refractivity contribution in [3.63, 3.8) is 0 Å². The second-order valence-electron chi connectivity index (χ2n) is 5.67. The molecule has 2 aromatic carbocycles. The lowest BCUT2D eigenvalue weighted by atomic mass is 10.1. The number of nitrogens with one attached hydrogen (secondary N) is 1. The summed E-state index contributed by atoms with van der Waals surface area (Å²) in [6, 6.07) is 15.1. The molecule has 3 rings (SSSR count). The summed E-state index contributed by atoms with van der Waals surface area (Å²) in [5.41, 5.74) is 1.29. The van der Waals surface area contributed by atoms with Crippen molar-refractivity contribution in [1.29, 1.82) is 0 Å². The molecule has 3 aromatic rings. The highest BCUT2D eigenvalue weighted by atomic mass is 16.2. The van der Waals surface area contributed by atoms with E-state index in [1.54, 1.807) is 0 Å². The maximum absolute atomic E-state index is 12.3. The van der Waals surface area contributed by atoms with Gasteiger partial charge in [0.2, 0.25) is 5.91 Å². The third-order valence-electron chi connectivity index (χ3n) is 3.82. The van der Waals surface area contributed by atoms with Gasteiger partial charge in [-0.1, -0.05) is 49.7 Å². The molecule has 1 N–H and O–H groups in total. The van der Waals surface area contributed by atoms with E-state index in [9.17, 15) is 9.59 Å². The fourth-order valence-corrected chi connectivity index (χ4v) is 2.65. The molecule has 1 heterocycles. The predicted molar refractivity (Wildman–Crippen MR) is 95.1 cm³/mol. The maximum atomic E-state index is 12.3. The number of nitrogens with zero attached hydrogens (tertiary/aromatic N) is 2. The highest BCUT2D eigenvalue weighted by Crippen LogP contribution is 2.22. The lowest BCUT2D eigenvalue weighted by Gasteiger charge is -2.10. The molecule has 0 bridgehead atoms. The number of carbonyl (C=O) groups is 1. The van der Waals surface area contributed by atoms with Crippen LogP contribution in [0.1, 0.15) is 19.0 Å². The van der Waals surface area contributed by atoms with Gasteiger partial charge in [-0.05, 0) is 17.9 Å². The Bertz CT molecular complexity index is 926. The van der Waals surface area contributed by atoms with Crippen LogP contribution < -0.4 is 10.9 Å². The van der Waals surface area contributed by atoms with E-state index in [4.69, 9.17) is 0 Å². The topological polar surface area (TPSA) is 64.0 Å². The number of hydrogen-bond donors (Lipinski definition) is 1. The third kappa shape index (κ3) is 3.51. The van der Waals surface area contributed by atoms with Crippen LogP contribution in [0.25, 0.3) is 10.8 Å². The number of carbonyl (C=O) groups excluding carboxylic acids is 1. The van der Waals surface area contributed by atoms with Crippen molar-refractivity contribution in [1.82, 2.24) is 9.55 Å². The Morgan fingerprint density at radius 2 is 1.96 bits per heavy atom. The quantitative estimate of drug-likeness (QED) is 0.786. The van der Waals surface area contributed by atoms with Gasteiger partial charge in [0, 0.05) is 22.8 Å². The molecule has 1 aromatic heterocycles. The number of fused-ring (bicyclic) bond motifs is 1. The van der Waals surface area contributed by atoms with E-state index in [2.05, 4.69) is 10.3 Å². The Labute approximate surface area is 140 Å². The largest absolute Gasteiger partial charge is 0.324 e. The van der Waals surface area contributed by atoms with Crippen molar-refractivity contribution >= 4 is 22.4 Å². The molecular weight excluding hydrogens is 302 g/mol. The van der Waals surface area contributed by atoms with Gasteiger partial charge in [-0.2, -0.15) is 0 Å². The maximum Gasteiger partial charge on any atom is 0.253 e. The van der Waals surface area contributed by atoms with E-state index < -0.39 is 0 Å². The molecule has 0 aliphatic heterocycles. The molecule has 0 saturated carbocycles. The average molecular weight is 321 g/mol. The van der Waals surface area contributed by atoms with E-state index in [0.717, 1.165) is 35.0 Å². The van der Waals surface area contributed by atoms with Crippen molar-refractivity contribution in [2.24, 2.45) is 0 Å². The number of anilines is 1. The lowest BCUT2D eigenvalue weighted by molar-refractivity contribution is -0.116. The van der Waals surface area contributed by atoms with Gasteiger partial charge in [0.25, 0.3) is 5.56 Å². The number of aromatic nitrogens is 2. The lowest BCUT2D eigenvalue weighted by Crippen LogP contribution is -2.27. The van der Waals surface area contributed by atoms with Crippen LogP contribution in [0, 0.1) is 0 Å². The van der Waals surface area contributed by atoms with Crippen LogP contribution >= 0.6 is 0 Å². The Morgan fingerprint density at radius 3 is 2.75 bits per heavy atom. The fraction of sp³-hybridized carbons (Fsp3) is 0.211. The molecule has 0 aliphatic rings. The monoisotopic (exact) mass is 321 g/mol. The van der Waals surface area contributed by atoms with Crippen molar-refractivity contribution in [2.45, 2.75) is 26.3 Å². The van der Waals surface area contributed by atoms with E-state index in [0.29, 0.717) is 0 Å². The van der Waals surface area contributed by atoms with Gasteiger partial charge in [0.05, 0.1) is 6.33 Å². The third-order valence-corrected chi connectivity index (χ3v) is 3.82. The zero-order valence-corrected chi connectivity index (χ0v) is 13.5. The minimum atomic E-state index is -0.251. The van der Waals surface area contributed by atoms with Crippen LogP contribution in [0.15, 0.2) is 59.7 Å². The van der Waals surface area contributed by atoms with Crippen LogP contribution in [0.5, 0.6) is 0 Å². The summed E-state index contributed by atoms with van der Waals surface area (Å²) in [6.07, 6.45) is 3.13. The molecular formula is C19H19N3O2. The van der Waals surface area contributed by atoms with Gasteiger partial charge in [-0.15, -0.1) is 0 Å². The van der Waals surface area contributed by atoms with Gasteiger partial charge in [-0.3, -0.25) is 14.2 Å². The minimum absolute atomic E-state index is 0.0541. The van der Waals surface area contributed by atoms with Gasteiger partial charge in [0.15, 0.2) is 0 Å². The molecule has 0 radical (unpaired) electrons. The first-order chi connectivity index (χ1) is 11.7. The zero-order valence-electron chi connectivity index (χ0n) is 13.5. The first-order valence-corrected chi connectivity index (χ1v) is 8.00. The summed E-state index contributed by atoms with van der Waals surface area (Å²) in [5.74, 6) is -0.251. The molecule has 24 heavy (non-hydrogen) atoms. The molecule has 5 nitrogen and oxygen atoms in total. The molecule has 5 heteroatoms. The van der Waals surface area contributed by atoms with Gasteiger partial charge in [0.1, 0.15) is 6.54 Å². The summed E-state index contributed by atoms with van der Waals surface area (Å²) >= 11 is 0. The first-order valence-electron chi connectivity index (χ1n) is 8.00. The SMILES string of the molecule is CCCc1cc(=O)n(CC(=O)Nc2cccc3ccccc23)cn1. The van der Waals surface area contributed by atoms with E-state index in [1.807, 2.05) is 49.4 Å². The molecule has 122 valence electrons. The Kier molecular flexibility index (Phi) is 4.70. The van der Waals surface area contributed by atoms with Gasteiger partial charge < -0.3 is 5.32 Å². The van der Waals surface area contributed by atoms with Crippen LogP contribution in [-0.2, 0) is 17.8 Å². The Balaban J connectivity index is 1.77. The van der Waals surface area contributed by atoms with Crippen molar-refractivity contribution in [2.75, 3.05) is 5.32 Å². The summed E-state index contributed by atoms with van der Waals surface area (Å²) in [5, 5.41) is 4.90. The smallest absolute Gasteiger partial charge is 0.253 e. The number of aryl methyl sites for hydroxylation is 1. The summed E-state index contributed by atoms with van der Waals surface area (Å²) in [6.45, 7) is 1.98. The molecule has 0 unspecified atom stereocenters. The summed E-state index contributed by atoms with van der Waals surface area (Å²) in [7, 11) is 0. The molecule has 0 fully saturated rings. The van der Waals surface area contributed by atoms with Gasteiger partial charge in [-0.25, -0.2) is 4.98 Å². The molecule has 1 amide bonds. The second-order valence-corrected chi connectivity index (χ2v) is 5.67. The van der Waals surface area contributed by atoms with E-state index in [-0.39, 0.29) is 18.0 Å². The minimum Gasteiger partial charge on any atom is -0.324 e. The van der Waals surface area contributed by atoms with Crippen molar-refractivity contribution < 1.29 is 4.79 Å². The Hall–Kier alpha value is -2.95. The molecule has 0 spiro atoms. The fourth-order valence-electron chi connectivity index (χ4n) is 2.65. The summed E-state index contributed by atoms with van der Waals surface area (Å²) < 4.78 is 1.32. The second kappa shape index (κ2) is 7.08. The van der Waals surface area contributed by atoms with Crippen LogP contribution in [0.3, 0.4) is 0 Å². The predicted octanol–water partition coefficient (Wildman–Crippen LogP) is 2.99. The normalized spacial score (nSPS) is 10.7. The highest BCUT2D eigenvalue weighted by Gasteiger charge is 2.08. The van der Waals surface area contributed by atoms with Gasteiger partial charge >= 0.3 is 0 Å². The number of hydrogen-bond acceptors (Lipinski definition) is 3. The number of rotatable bonds is 5. The number of benzene rings is 2. The van der Waals surface area contributed by atoms with Crippen LogP contribution in [0.4, 0.5) is 5.69 Å². The molecule has 0 saturated heterocycles. The van der Waals surface area contributed by atoms with Crippen molar-refractivity contribution in [3.05, 3.63) is 70.9 Å². The summed E-state index contributed by atoms with van der Waals surface area (Å²) in [4.78, 5) is 28.6. The van der Waals surface area contributed by atoms with E-state index >= 15 is 0 Å². The average Bonchev–Trinajstić information content (AvgIpc) is 2.58. The Morgan fingerprint density at radius 1 is 1.17 bits per heavy atom. The first kappa shape index (κ1) is 15.9. The van der Waals surface area contributed by atoms with Crippen LogP contribution in [-0.4, -0.2) is 15.5 Å². The van der Waals surface area contributed by atoms with E-state index in [1.165, 1.54) is 17.0 Å². The molecule has 0 atom stereocenters. The number of amides is 1. The van der Waals surface area contributed by atoms with Crippen LogP contribution in [0.2, 0.25) is 0 Å². The van der Waals surface area contributed by atoms with Crippen molar-refractivity contribution in [3.8, 4) is 0 Å². The molecule has 0 aliphatic carbocycles. The zero-order chi connectivity index (χ0) is 16.9.